The number of carbonyl (C=O) groups excluding carboxylic acids is 1. The topological polar surface area (TPSA) is 106 Å². The third-order valence-corrected chi connectivity index (χ3v) is 4.86. The van der Waals surface area contributed by atoms with Gasteiger partial charge in [-0.15, -0.1) is 0 Å². The lowest BCUT2D eigenvalue weighted by Gasteiger charge is -2.16. The van der Waals surface area contributed by atoms with Crippen molar-refractivity contribution in [2.75, 3.05) is 18.8 Å². The second kappa shape index (κ2) is 8.83. The number of rotatable bonds is 6. The Labute approximate surface area is 187 Å². The molecule has 0 saturated heterocycles. The molecule has 0 fully saturated rings. The molecule has 1 amide bonds. The van der Waals surface area contributed by atoms with E-state index in [0.717, 1.165) is 5.56 Å². The molecule has 31 heavy (non-hydrogen) atoms. The summed E-state index contributed by atoms with van der Waals surface area (Å²) in [6.07, 6.45) is 2.67. The standard InChI is InChI=1S/C23H23N7O/c1-14(17-5-4-6-18-19(23(31)24-3)7-8-25-22(17)18)10-28-21-9-20(29-13-30-21)16-11-26-15(2)27-12-16/h4-9,11-14H,10H2,1-3H3,(H,24,31)(H,28,29,30)/t14-/m1/s1/i3D3,11D,12D. The summed E-state index contributed by atoms with van der Waals surface area (Å²) in [5.74, 6) is 0.0815. The van der Waals surface area contributed by atoms with Gasteiger partial charge in [-0.3, -0.25) is 9.78 Å². The summed E-state index contributed by atoms with van der Waals surface area (Å²) in [4.78, 5) is 33.4. The van der Waals surface area contributed by atoms with Crippen LogP contribution in [0.2, 0.25) is 0 Å². The molecule has 3 aromatic heterocycles. The smallest absolute Gasteiger partial charge is 0.251 e. The van der Waals surface area contributed by atoms with E-state index in [1.54, 1.807) is 25.1 Å². The lowest BCUT2D eigenvalue weighted by Crippen LogP contribution is -2.18. The first-order chi connectivity index (χ1) is 17.0. The Hall–Kier alpha value is -3.94. The monoisotopic (exact) mass is 418 g/mol. The third kappa shape index (κ3) is 4.32. The van der Waals surface area contributed by atoms with Crippen molar-refractivity contribution >= 4 is 22.6 Å². The lowest BCUT2D eigenvalue weighted by molar-refractivity contribution is 0.0964. The quantitative estimate of drug-likeness (QED) is 0.494. The molecule has 156 valence electrons. The third-order valence-electron chi connectivity index (χ3n) is 4.86. The molecule has 8 nitrogen and oxygen atoms in total. The number of para-hydroxylation sites is 1. The molecular formula is C23H23N7O. The Morgan fingerprint density at radius 2 is 2.00 bits per heavy atom. The van der Waals surface area contributed by atoms with E-state index in [9.17, 15) is 4.79 Å². The van der Waals surface area contributed by atoms with Gasteiger partial charge in [-0.2, -0.15) is 0 Å². The zero-order chi connectivity index (χ0) is 26.0. The van der Waals surface area contributed by atoms with Crippen LogP contribution in [0.3, 0.4) is 0 Å². The molecular weight excluding hydrogens is 390 g/mol. The van der Waals surface area contributed by atoms with Crippen LogP contribution in [-0.4, -0.2) is 44.3 Å². The molecule has 0 saturated carbocycles. The Kier molecular flexibility index (Phi) is 4.26. The molecule has 0 radical (unpaired) electrons. The molecule has 4 rings (SSSR count). The van der Waals surface area contributed by atoms with Crippen molar-refractivity contribution in [1.82, 2.24) is 30.2 Å². The van der Waals surface area contributed by atoms with Crippen molar-refractivity contribution in [3.63, 3.8) is 0 Å². The van der Waals surface area contributed by atoms with Crippen LogP contribution in [-0.2, 0) is 0 Å². The molecule has 0 aliphatic rings. The zero-order valence-corrected chi connectivity index (χ0v) is 17.0. The van der Waals surface area contributed by atoms with Gasteiger partial charge in [-0.25, -0.2) is 19.9 Å². The number of anilines is 1. The molecule has 0 aliphatic heterocycles. The average Bonchev–Trinajstić information content (AvgIpc) is 2.80. The van der Waals surface area contributed by atoms with Crippen LogP contribution in [0.5, 0.6) is 0 Å². The Balaban J connectivity index is 1.57. The summed E-state index contributed by atoms with van der Waals surface area (Å²) in [5, 5.41) is 5.82. The lowest BCUT2D eigenvalue weighted by atomic mass is 9.96. The predicted octanol–water partition coefficient (Wildman–Crippen LogP) is 3.37. The van der Waals surface area contributed by atoms with E-state index in [1.165, 1.54) is 18.6 Å². The van der Waals surface area contributed by atoms with E-state index in [0.29, 0.717) is 34.8 Å². The number of pyridine rings is 1. The average molecular weight is 419 g/mol. The molecule has 1 atom stereocenters. The number of fused-ring (bicyclic) bond motifs is 1. The molecule has 8 heteroatoms. The number of nitrogens with zero attached hydrogens (tertiary/aromatic N) is 5. The molecule has 0 spiro atoms. The van der Waals surface area contributed by atoms with Gasteiger partial charge in [0.15, 0.2) is 0 Å². The fraction of sp³-hybridized carbons (Fsp3) is 0.217. The number of aryl methyl sites for hydroxylation is 1. The van der Waals surface area contributed by atoms with E-state index in [-0.39, 0.29) is 29.4 Å². The van der Waals surface area contributed by atoms with Crippen molar-refractivity contribution in [1.29, 1.82) is 0 Å². The van der Waals surface area contributed by atoms with Gasteiger partial charge in [0, 0.05) is 59.1 Å². The molecule has 0 aliphatic carbocycles. The van der Waals surface area contributed by atoms with Gasteiger partial charge < -0.3 is 10.6 Å². The maximum atomic E-state index is 12.5. The maximum Gasteiger partial charge on any atom is 0.251 e. The van der Waals surface area contributed by atoms with Crippen molar-refractivity contribution < 1.29 is 11.6 Å². The molecule has 0 bridgehead atoms. The van der Waals surface area contributed by atoms with Gasteiger partial charge in [0.1, 0.15) is 18.0 Å². The van der Waals surface area contributed by atoms with Gasteiger partial charge in [-0.1, -0.05) is 25.1 Å². The highest BCUT2D eigenvalue weighted by Gasteiger charge is 2.15. The van der Waals surface area contributed by atoms with Crippen LogP contribution in [0, 0.1) is 6.92 Å². The van der Waals surface area contributed by atoms with Crippen molar-refractivity contribution in [3.8, 4) is 11.3 Å². The first-order valence-electron chi connectivity index (χ1n) is 12.1. The fourth-order valence-corrected chi connectivity index (χ4v) is 3.26. The van der Waals surface area contributed by atoms with E-state index in [4.69, 9.17) is 6.85 Å². The van der Waals surface area contributed by atoms with E-state index in [2.05, 4.69) is 30.2 Å². The minimum atomic E-state index is -2.59. The summed E-state index contributed by atoms with van der Waals surface area (Å²) in [6, 6.07) is 8.57. The van der Waals surface area contributed by atoms with Crippen LogP contribution in [0.25, 0.3) is 22.2 Å². The second-order valence-corrected chi connectivity index (χ2v) is 7.00. The SMILES string of the molecule is [2H]c1nc(C)nc([2H])c1-c1cc(NC[C@@H](C)c2cccc3c(C(=O)NC([2H])([2H])[2H])ccnc23)ncn1. The van der Waals surface area contributed by atoms with Crippen molar-refractivity contribution in [2.24, 2.45) is 0 Å². The summed E-state index contributed by atoms with van der Waals surface area (Å²) in [7, 11) is 0. The Morgan fingerprint density at radius 1 is 1.16 bits per heavy atom. The molecule has 4 aromatic rings. The number of hydrogen-bond acceptors (Lipinski definition) is 7. The van der Waals surface area contributed by atoms with E-state index in [1.807, 2.05) is 18.3 Å². The van der Waals surface area contributed by atoms with Crippen LogP contribution in [0.4, 0.5) is 5.82 Å². The molecule has 3 heterocycles. The second-order valence-electron chi connectivity index (χ2n) is 7.00. The predicted molar refractivity (Wildman–Crippen MR) is 120 cm³/mol. The van der Waals surface area contributed by atoms with E-state index < -0.39 is 12.9 Å². The van der Waals surface area contributed by atoms with Crippen molar-refractivity contribution in [2.45, 2.75) is 19.8 Å². The van der Waals surface area contributed by atoms with Crippen LogP contribution < -0.4 is 10.6 Å². The molecule has 2 N–H and O–H groups in total. The summed E-state index contributed by atoms with van der Waals surface area (Å²) in [6.45, 7) is 1.47. The maximum absolute atomic E-state index is 12.5. The first-order valence-corrected chi connectivity index (χ1v) is 9.62. The minimum absolute atomic E-state index is 0.0678. The van der Waals surface area contributed by atoms with Crippen LogP contribution in [0.1, 0.15) is 41.4 Å². The van der Waals surface area contributed by atoms with Gasteiger partial charge in [-0.05, 0) is 18.6 Å². The minimum Gasteiger partial charge on any atom is -0.369 e. The first kappa shape index (κ1) is 15.0. The van der Waals surface area contributed by atoms with Gasteiger partial charge in [0.25, 0.3) is 5.91 Å². The van der Waals surface area contributed by atoms with Gasteiger partial charge in [0.2, 0.25) is 0 Å². The molecule has 1 aromatic carbocycles. The normalized spacial score (nSPS) is 14.6. The summed E-state index contributed by atoms with van der Waals surface area (Å²) >= 11 is 0. The van der Waals surface area contributed by atoms with Crippen molar-refractivity contribution in [3.05, 3.63) is 72.2 Å². The summed E-state index contributed by atoms with van der Waals surface area (Å²) < 4.78 is 38.1. The number of amides is 1. The zero-order valence-electron chi connectivity index (χ0n) is 22.0. The summed E-state index contributed by atoms with van der Waals surface area (Å²) in [5.41, 5.74) is 2.29. The molecule has 0 unspecified atom stereocenters. The van der Waals surface area contributed by atoms with E-state index >= 15 is 0 Å². The number of nitrogens with one attached hydrogen (secondary N) is 2. The van der Waals surface area contributed by atoms with Gasteiger partial charge >= 0.3 is 0 Å². The largest absolute Gasteiger partial charge is 0.369 e. The highest BCUT2D eigenvalue weighted by Crippen LogP contribution is 2.27. The number of benzene rings is 1. The van der Waals surface area contributed by atoms with Crippen LogP contribution in [0.15, 0.2) is 55.2 Å². The number of aromatic nitrogens is 5. The van der Waals surface area contributed by atoms with Gasteiger partial charge in [0.05, 0.1) is 19.5 Å². The number of hydrogen-bond donors (Lipinski definition) is 2. The highest BCUT2D eigenvalue weighted by atomic mass is 16.1. The highest BCUT2D eigenvalue weighted by molar-refractivity contribution is 6.06. The number of carbonyl (C=O) groups is 1. The Bertz CT molecular complexity index is 1420. The van der Waals surface area contributed by atoms with Crippen LogP contribution >= 0.6 is 0 Å². The fourth-order valence-electron chi connectivity index (χ4n) is 3.26. The Morgan fingerprint density at radius 3 is 2.81 bits per heavy atom.